The van der Waals surface area contributed by atoms with Crippen LogP contribution in [0.4, 0.5) is 9.18 Å². The monoisotopic (exact) mass is 356 g/mol. The van der Waals surface area contributed by atoms with E-state index in [1.165, 1.54) is 12.1 Å². The van der Waals surface area contributed by atoms with Crippen LogP contribution < -0.4 is 5.32 Å². The van der Waals surface area contributed by atoms with Crippen molar-refractivity contribution in [3.05, 3.63) is 71.0 Å². The Balaban J connectivity index is 1.56. The van der Waals surface area contributed by atoms with Crippen molar-refractivity contribution >= 4 is 6.03 Å². The highest BCUT2D eigenvalue weighted by Gasteiger charge is 2.28. The van der Waals surface area contributed by atoms with E-state index in [1.807, 2.05) is 35.2 Å². The molecule has 1 heterocycles. The van der Waals surface area contributed by atoms with Crippen LogP contribution in [-0.4, -0.2) is 28.6 Å². The SMILES string of the molecule is C[C@H](O)c1ccc(CNC(=O)N2CCC[C@H]2Cc2cccc(F)c2)cc1. The van der Waals surface area contributed by atoms with Gasteiger partial charge in [-0.2, -0.15) is 0 Å². The number of aliphatic hydroxyl groups excluding tert-OH is 1. The van der Waals surface area contributed by atoms with Crippen molar-refractivity contribution in [3.8, 4) is 0 Å². The third kappa shape index (κ3) is 4.61. The zero-order valence-corrected chi connectivity index (χ0v) is 15.0. The highest BCUT2D eigenvalue weighted by atomic mass is 19.1. The number of amides is 2. The standard InChI is InChI=1S/C21H25FN2O2/c1-15(25)18-9-7-16(8-10-18)14-23-21(26)24-11-3-6-20(24)13-17-4-2-5-19(22)12-17/h2,4-5,7-10,12,15,20,25H,3,6,11,13-14H2,1H3,(H,23,26)/t15-,20-/m0/s1. The van der Waals surface area contributed by atoms with Gasteiger partial charge in [0.05, 0.1) is 6.10 Å². The Morgan fingerprint density at radius 3 is 2.73 bits per heavy atom. The summed E-state index contributed by atoms with van der Waals surface area (Å²) in [4.78, 5) is 14.4. The average Bonchev–Trinajstić information content (AvgIpc) is 3.08. The summed E-state index contributed by atoms with van der Waals surface area (Å²) in [5.74, 6) is -0.239. The molecule has 0 unspecified atom stereocenters. The van der Waals surface area contributed by atoms with E-state index in [0.29, 0.717) is 13.0 Å². The molecule has 5 heteroatoms. The fourth-order valence-corrected chi connectivity index (χ4v) is 3.44. The number of carbonyl (C=O) groups excluding carboxylic acids is 1. The van der Waals surface area contributed by atoms with Crippen LogP contribution in [0.25, 0.3) is 0 Å². The number of nitrogens with zero attached hydrogens (tertiary/aromatic N) is 1. The Morgan fingerprint density at radius 2 is 2.04 bits per heavy atom. The molecule has 26 heavy (non-hydrogen) atoms. The number of carbonyl (C=O) groups is 1. The second-order valence-electron chi connectivity index (χ2n) is 6.90. The van der Waals surface area contributed by atoms with E-state index in [4.69, 9.17) is 0 Å². The van der Waals surface area contributed by atoms with Crippen molar-refractivity contribution in [1.29, 1.82) is 0 Å². The van der Waals surface area contributed by atoms with Crippen molar-refractivity contribution in [1.82, 2.24) is 10.2 Å². The number of halogens is 1. The molecule has 0 saturated carbocycles. The number of aliphatic hydroxyl groups is 1. The summed E-state index contributed by atoms with van der Waals surface area (Å²) in [6.45, 7) is 2.90. The topological polar surface area (TPSA) is 52.6 Å². The Bertz CT molecular complexity index is 746. The summed E-state index contributed by atoms with van der Waals surface area (Å²) in [5, 5.41) is 12.5. The maximum atomic E-state index is 13.4. The van der Waals surface area contributed by atoms with E-state index >= 15 is 0 Å². The molecule has 2 atom stereocenters. The smallest absolute Gasteiger partial charge is 0.317 e. The van der Waals surface area contributed by atoms with Crippen LogP contribution in [0.15, 0.2) is 48.5 Å². The Morgan fingerprint density at radius 1 is 1.27 bits per heavy atom. The van der Waals surface area contributed by atoms with Crippen molar-refractivity contribution in [2.24, 2.45) is 0 Å². The summed E-state index contributed by atoms with van der Waals surface area (Å²) < 4.78 is 13.4. The lowest BCUT2D eigenvalue weighted by atomic mass is 10.0. The van der Waals surface area contributed by atoms with Gasteiger partial charge in [-0.1, -0.05) is 36.4 Å². The normalized spacial score (nSPS) is 18.0. The van der Waals surface area contributed by atoms with Gasteiger partial charge in [-0.25, -0.2) is 9.18 Å². The van der Waals surface area contributed by atoms with Crippen LogP contribution in [0.2, 0.25) is 0 Å². The number of urea groups is 1. The molecule has 0 bridgehead atoms. The zero-order valence-electron chi connectivity index (χ0n) is 15.0. The van der Waals surface area contributed by atoms with Gasteiger partial charge >= 0.3 is 6.03 Å². The molecule has 2 aromatic rings. The number of hydrogen-bond donors (Lipinski definition) is 2. The molecule has 2 aromatic carbocycles. The van der Waals surface area contributed by atoms with Gasteiger partial charge in [-0.05, 0) is 55.0 Å². The summed E-state index contributed by atoms with van der Waals surface area (Å²) >= 11 is 0. The fourth-order valence-electron chi connectivity index (χ4n) is 3.44. The number of benzene rings is 2. The lowest BCUT2D eigenvalue weighted by molar-refractivity contribution is 0.191. The van der Waals surface area contributed by atoms with E-state index in [2.05, 4.69) is 5.32 Å². The molecule has 4 nitrogen and oxygen atoms in total. The van der Waals surface area contributed by atoms with Crippen LogP contribution >= 0.6 is 0 Å². The van der Waals surface area contributed by atoms with Crippen molar-refractivity contribution < 1.29 is 14.3 Å². The zero-order chi connectivity index (χ0) is 18.5. The van der Waals surface area contributed by atoms with Gasteiger partial charge in [0.1, 0.15) is 5.82 Å². The Labute approximate surface area is 153 Å². The molecule has 1 aliphatic rings. The largest absolute Gasteiger partial charge is 0.389 e. The van der Waals surface area contributed by atoms with Crippen molar-refractivity contribution in [2.45, 2.75) is 44.9 Å². The summed E-state index contributed by atoms with van der Waals surface area (Å²) in [6.07, 6.45) is 2.09. The van der Waals surface area contributed by atoms with E-state index < -0.39 is 6.10 Å². The number of likely N-dealkylation sites (tertiary alicyclic amines) is 1. The lowest BCUT2D eigenvalue weighted by Crippen LogP contribution is -2.43. The molecule has 1 aliphatic heterocycles. The van der Waals surface area contributed by atoms with Crippen LogP contribution in [0.3, 0.4) is 0 Å². The van der Waals surface area contributed by atoms with Gasteiger partial charge in [0.25, 0.3) is 0 Å². The average molecular weight is 356 g/mol. The first-order chi connectivity index (χ1) is 12.5. The molecule has 138 valence electrons. The maximum absolute atomic E-state index is 13.4. The molecule has 0 aromatic heterocycles. The molecule has 3 rings (SSSR count). The highest BCUT2D eigenvalue weighted by molar-refractivity contribution is 5.74. The van der Waals surface area contributed by atoms with E-state index in [0.717, 1.165) is 36.1 Å². The van der Waals surface area contributed by atoms with Crippen LogP contribution in [-0.2, 0) is 13.0 Å². The fraction of sp³-hybridized carbons (Fsp3) is 0.381. The minimum atomic E-state index is -0.494. The van der Waals surface area contributed by atoms with Crippen LogP contribution in [0.1, 0.15) is 42.6 Å². The van der Waals surface area contributed by atoms with Crippen LogP contribution in [0, 0.1) is 5.82 Å². The number of hydrogen-bond acceptors (Lipinski definition) is 2. The van der Waals surface area contributed by atoms with Crippen molar-refractivity contribution in [2.75, 3.05) is 6.54 Å². The number of nitrogens with one attached hydrogen (secondary N) is 1. The van der Waals surface area contributed by atoms with E-state index in [9.17, 15) is 14.3 Å². The Kier molecular flexibility index (Phi) is 5.89. The third-order valence-electron chi connectivity index (χ3n) is 4.90. The molecule has 0 radical (unpaired) electrons. The minimum Gasteiger partial charge on any atom is -0.389 e. The summed E-state index contributed by atoms with van der Waals surface area (Å²) in [7, 11) is 0. The lowest BCUT2D eigenvalue weighted by Gasteiger charge is -2.25. The van der Waals surface area contributed by atoms with E-state index in [-0.39, 0.29) is 17.9 Å². The summed E-state index contributed by atoms with van der Waals surface area (Å²) in [5.41, 5.74) is 2.77. The third-order valence-corrected chi connectivity index (χ3v) is 4.90. The van der Waals surface area contributed by atoms with Crippen LogP contribution in [0.5, 0.6) is 0 Å². The molecular weight excluding hydrogens is 331 g/mol. The molecule has 2 N–H and O–H groups in total. The summed E-state index contributed by atoms with van der Waals surface area (Å²) in [6, 6.07) is 14.2. The predicted molar refractivity (Wildman–Crippen MR) is 99.1 cm³/mol. The first kappa shape index (κ1) is 18.4. The Hall–Kier alpha value is -2.40. The second kappa shape index (κ2) is 8.32. The minimum absolute atomic E-state index is 0.0801. The molecule has 1 fully saturated rings. The number of rotatable bonds is 5. The molecule has 1 saturated heterocycles. The van der Waals surface area contributed by atoms with Gasteiger partial charge in [-0.3, -0.25) is 0 Å². The molecule has 0 aliphatic carbocycles. The van der Waals surface area contributed by atoms with Gasteiger partial charge in [-0.15, -0.1) is 0 Å². The quantitative estimate of drug-likeness (QED) is 0.856. The first-order valence-corrected chi connectivity index (χ1v) is 9.09. The molecule has 0 spiro atoms. The maximum Gasteiger partial charge on any atom is 0.317 e. The predicted octanol–water partition coefficient (Wildman–Crippen LogP) is 3.80. The van der Waals surface area contributed by atoms with Gasteiger partial charge in [0, 0.05) is 19.1 Å². The molecular formula is C21H25FN2O2. The van der Waals surface area contributed by atoms with Gasteiger partial charge in [0.15, 0.2) is 0 Å². The van der Waals surface area contributed by atoms with Gasteiger partial charge < -0.3 is 15.3 Å². The molecule has 2 amide bonds. The first-order valence-electron chi connectivity index (χ1n) is 9.09. The van der Waals surface area contributed by atoms with E-state index in [1.54, 1.807) is 13.0 Å². The van der Waals surface area contributed by atoms with Gasteiger partial charge in [0.2, 0.25) is 0 Å². The second-order valence-corrected chi connectivity index (χ2v) is 6.90. The highest BCUT2D eigenvalue weighted by Crippen LogP contribution is 2.22. The van der Waals surface area contributed by atoms with Crippen molar-refractivity contribution in [3.63, 3.8) is 0 Å².